The summed E-state index contributed by atoms with van der Waals surface area (Å²) < 4.78 is 0. The number of aliphatic hydroxyl groups is 2. The highest BCUT2D eigenvalue weighted by Gasteiger charge is 2.12. The van der Waals surface area contributed by atoms with Crippen molar-refractivity contribution >= 4 is 11.6 Å². The van der Waals surface area contributed by atoms with Crippen LogP contribution in [-0.4, -0.2) is 40.4 Å². The van der Waals surface area contributed by atoms with Crippen LogP contribution in [0.2, 0.25) is 5.02 Å². The highest BCUT2D eigenvalue weighted by molar-refractivity contribution is 6.31. The molecule has 17 heavy (non-hydrogen) atoms. The zero-order valence-corrected chi connectivity index (χ0v) is 11.1. The number of hydrogen-bond acceptors (Lipinski definition) is 3. The molecule has 0 bridgehead atoms. The molecule has 0 aliphatic carbocycles. The molecule has 2 N–H and O–H groups in total. The van der Waals surface area contributed by atoms with Crippen molar-refractivity contribution in [1.82, 2.24) is 4.90 Å². The zero-order chi connectivity index (χ0) is 12.8. The number of hydrogen-bond donors (Lipinski definition) is 2. The van der Waals surface area contributed by atoms with Crippen LogP contribution in [0.15, 0.2) is 24.3 Å². The number of aliphatic hydroxyl groups excluding tert-OH is 2. The molecular formula is C13H20ClNO2. The van der Waals surface area contributed by atoms with Crippen molar-refractivity contribution in [2.24, 2.45) is 0 Å². The van der Waals surface area contributed by atoms with E-state index < -0.39 is 12.2 Å². The third-order valence-electron chi connectivity index (χ3n) is 2.40. The third-order valence-corrected chi connectivity index (χ3v) is 2.77. The van der Waals surface area contributed by atoms with Gasteiger partial charge in [0.15, 0.2) is 0 Å². The fraction of sp³-hybridized carbons (Fsp3) is 0.538. The lowest BCUT2D eigenvalue weighted by Gasteiger charge is -2.25. The molecule has 0 aliphatic heterocycles. The number of benzene rings is 1. The second kappa shape index (κ2) is 6.97. The summed E-state index contributed by atoms with van der Waals surface area (Å²) in [5.41, 5.74) is 1.01. The van der Waals surface area contributed by atoms with Crippen LogP contribution in [-0.2, 0) is 6.54 Å². The molecule has 0 amide bonds. The van der Waals surface area contributed by atoms with E-state index in [1.54, 1.807) is 13.8 Å². The van der Waals surface area contributed by atoms with E-state index >= 15 is 0 Å². The molecule has 0 unspecified atom stereocenters. The van der Waals surface area contributed by atoms with E-state index in [4.69, 9.17) is 11.6 Å². The Hall–Kier alpha value is -0.610. The van der Waals surface area contributed by atoms with Crippen LogP contribution in [0.25, 0.3) is 0 Å². The zero-order valence-electron chi connectivity index (χ0n) is 10.3. The van der Waals surface area contributed by atoms with Crippen molar-refractivity contribution in [1.29, 1.82) is 0 Å². The second-order valence-electron chi connectivity index (χ2n) is 4.48. The summed E-state index contributed by atoms with van der Waals surface area (Å²) >= 11 is 6.09. The van der Waals surface area contributed by atoms with Crippen LogP contribution < -0.4 is 0 Å². The summed E-state index contributed by atoms with van der Waals surface area (Å²) in [7, 11) is 0. The number of halogens is 1. The third kappa shape index (κ3) is 5.50. The molecule has 0 aromatic heterocycles. The largest absolute Gasteiger partial charge is 0.392 e. The van der Waals surface area contributed by atoms with Crippen molar-refractivity contribution in [3.05, 3.63) is 34.9 Å². The lowest BCUT2D eigenvalue weighted by Crippen LogP contribution is -2.35. The lowest BCUT2D eigenvalue weighted by molar-refractivity contribution is 0.0794. The first-order valence-electron chi connectivity index (χ1n) is 5.81. The fourth-order valence-electron chi connectivity index (χ4n) is 1.82. The molecule has 96 valence electrons. The molecule has 1 rings (SSSR count). The first-order chi connectivity index (χ1) is 7.99. The summed E-state index contributed by atoms with van der Waals surface area (Å²) in [5.74, 6) is 0. The summed E-state index contributed by atoms with van der Waals surface area (Å²) in [6.07, 6.45) is -0.840. The molecule has 2 atom stereocenters. The van der Waals surface area contributed by atoms with Crippen molar-refractivity contribution in [2.45, 2.75) is 32.6 Å². The second-order valence-corrected chi connectivity index (χ2v) is 4.89. The predicted molar refractivity (Wildman–Crippen MR) is 70.1 cm³/mol. The fourth-order valence-corrected chi connectivity index (χ4v) is 2.01. The van der Waals surface area contributed by atoms with Gasteiger partial charge in [0, 0.05) is 24.7 Å². The standard InChI is InChI=1S/C13H20ClNO2/c1-10(16)7-15(8-11(2)17)9-12-5-3-4-6-13(12)14/h3-6,10-11,16-17H,7-9H2,1-2H3/t10-,11+. The van der Waals surface area contributed by atoms with E-state index in [1.165, 1.54) is 0 Å². The van der Waals surface area contributed by atoms with Crippen molar-refractivity contribution in [3.63, 3.8) is 0 Å². The topological polar surface area (TPSA) is 43.7 Å². The monoisotopic (exact) mass is 257 g/mol. The first-order valence-corrected chi connectivity index (χ1v) is 6.18. The van der Waals surface area contributed by atoms with E-state index in [-0.39, 0.29) is 0 Å². The quantitative estimate of drug-likeness (QED) is 0.818. The van der Waals surface area contributed by atoms with E-state index in [2.05, 4.69) is 0 Å². The lowest BCUT2D eigenvalue weighted by atomic mass is 10.2. The van der Waals surface area contributed by atoms with Gasteiger partial charge in [0.2, 0.25) is 0 Å². The van der Waals surface area contributed by atoms with Gasteiger partial charge in [-0.2, -0.15) is 0 Å². The molecule has 0 saturated carbocycles. The Labute approximate surface area is 108 Å². The number of nitrogens with zero attached hydrogens (tertiary/aromatic N) is 1. The Morgan fingerprint density at radius 1 is 1.12 bits per heavy atom. The molecule has 0 saturated heterocycles. The predicted octanol–water partition coefficient (Wildman–Crippen LogP) is 1.90. The molecular weight excluding hydrogens is 238 g/mol. The summed E-state index contributed by atoms with van der Waals surface area (Å²) in [6.45, 7) is 5.16. The number of rotatable bonds is 6. The maximum absolute atomic E-state index is 9.43. The van der Waals surface area contributed by atoms with Crippen LogP contribution in [0, 0.1) is 0 Å². The maximum atomic E-state index is 9.43. The van der Waals surface area contributed by atoms with Crippen LogP contribution in [0.3, 0.4) is 0 Å². The molecule has 0 heterocycles. The van der Waals surface area contributed by atoms with Gasteiger partial charge in [0.1, 0.15) is 0 Å². The Kier molecular flexibility index (Phi) is 5.92. The first kappa shape index (κ1) is 14.5. The normalized spacial score (nSPS) is 14.9. The van der Waals surface area contributed by atoms with Crippen LogP contribution in [0.1, 0.15) is 19.4 Å². The average Bonchev–Trinajstić information content (AvgIpc) is 2.19. The Morgan fingerprint density at radius 2 is 1.65 bits per heavy atom. The van der Waals surface area contributed by atoms with Gasteiger partial charge < -0.3 is 10.2 Å². The van der Waals surface area contributed by atoms with Crippen molar-refractivity contribution < 1.29 is 10.2 Å². The molecule has 1 aromatic carbocycles. The highest BCUT2D eigenvalue weighted by Crippen LogP contribution is 2.17. The van der Waals surface area contributed by atoms with Crippen molar-refractivity contribution in [3.8, 4) is 0 Å². The van der Waals surface area contributed by atoms with Crippen molar-refractivity contribution in [2.75, 3.05) is 13.1 Å². The smallest absolute Gasteiger partial charge is 0.0639 e. The van der Waals surface area contributed by atoms with Crippen LogP contribution in [0.5, 0.6) is 0 Å². The van der Waals surface area contributed by atoms with Gasteiger partial charge in [-0.25, -0.2) is 0 Å². The molecule has 1 aromatic rings. The summed E-state index contributed by atoms with van der Waals surface area (Å²) in [6, 6.07) is 7.63. The Morgan fingerprint density at radius 3 is 2.12 bits per heavy atom. The van der Waals surface area contributed by atoms with Crippen LogP contribution in [0.4, 0.5) is 0 Å². The SMILES string of the molecule is C[C@H](O)CN(Cc1ccccc1Cl)C[C@@H](C)O. The summed E-state index contributed by atoms with van der Waals surface area (Å²) in [4.78, 5) is 2.00. The van der Waals surface area contributed by atoms with Gasteiger partial charge in [0.05, 0.1) is 12.2 Å². The Balaban J connectivity index is 2.68. The minimum absolute atomic E-state index is 0.420. The summed E-state index contributed by atoms with van der Waals surface area (Å²) in [5, 5.41) is 19.6. The van der Waals surface area contributed by atoms with Gasteiger partial charge in [0.25, 0.3) is 0 Å². The van der Waals surface area contributed by atoms with Gasteiger partial charge in [-0.3, -0.25) is 4.90 Å². The van der Waals surface area contributed by atoms with E-state index in [1.807, 2.05) is 29.2 Å². The minimum Gasteiger partial charge on any atom is -0.392 e. The molecule has 0 fully saturated rings. The molecule has 3 nitrogen and oxygen atoms in total. The molecule has 4 heteroatoms. The molecule has 0 spiro atoms. The van der Waals surface area contributed by atoms with E-state index in [9.17, 15) is 10.2 Å². The van der Waals surface area contributed by atoms with E-state index in [0.29, 0.717) is 24.7 Å². The van der Waals surface area contributed by atoms with Crippen LogP contribution >= 0.6 is 11.6 Å². The minimum atomic E-state index is -0.420. The maximum Gasteiger partial charge on any atom is 0.0639 e. The Bertz CT molecular complexity index is 332. The molecule has 0 aliphatic rings. The average molecular weight is 258 g/mol. The van der Waals surface area contributed by atoms with Gasteiger partial charge in [-0.15, -0.1) is 0 Å². The van der Waals surface area contributed by atoms with Gasteiger partial charge in [-0.05, 0) is 25.5 Å². The van der Waals surface area contributed by atoms with E-state index in [0.717, 1.165) is 5.56 Å². The van der Waals surface area contributed by atoms with Gasteiger partial charge in [-0.1, -0.05) is 29.8 Å². The highest BCUT2D eigenvalue weighted by atomic mass is 35.5. The van der Waals surface area contributed by atoms with Gasteiger partial charge >= 0.3 is 0 Å². The molecule has 0 radical (unpaired) electrons.